The van der Waals surface area contributed by atoms with Crippen molar-refractivity contribution in [3.8, 4) is 12.1 Å². The molecule has 0 saturated heterocycles. The van der Waals surface area contributed by atoms with Gasteiger partial charge >= 0.3 is 0 Å². The molecule has 8 heteroatoms. The van der Waals surface area contributed by atoms with Crippen LogP contribution in [-0.2, 0) is 10.0 Å². The Morgan fingerprint density at radius 1 is 1.39 bits per heavy atom. The van der Waals surface area contributed by atoms with Crippen molar-refractivity contribution in [1.82, 2.24) is 0 Å². The summed E-state index contributed by atoms with van der Waals surface area (Å²) in [6.07, 6.45) is 0.896. The summed E-state index contributed by atoms with van der Waals surface area (Å²) in [5.41, 5.74) is -0.748. The number of nitrogens with zero attached hydrogens (tertiary/aromatic N) is 2. The number of nitrogens with one attached hydrogen (secondary N) is 1. The van der Waals surface area contributed by atoms with Gasteiger partial charge in [-0.2, -0.15) is 10.5 Å². The third-order valence-corrected chi connectivity index (χ3v) is 2.84. The Morgan fingerprint density at radius 2 is 2.00 bits per heavy atom. The van der Waals surface area contributed by atoms with Crippen LogP contribution in [0.1, 0.15) is 0 Å². The number of nitriles is 2. The van der Waals surface area contributed by atoms with Crippen molar-refractivity contribution in [2.75, 3.05) is 5.32 Å². The summed E-state index contributed by atoms with van der Waals surface area (Å²) in [7, 11) is -4.11. The molecule has 0 aliphatic heterocycles. The second kappa shape index (κ2) is 5.27. The maximum Gasteiger partial charge on any atom is 0.240 e. The summed E-state index contributed by atoms with van der Waals surface area (Å²) in [5.74, 6) is -0.868. The molecule has 0 bridgehead atoms. The Labute approximate surface area is 103 Å². The number of rotatable bonds is 3. The van der Waals surface area contributed by atoms with Crippen molar-refractivity contribution in [2.24, 2.45) is 5.14 Å². The number of primary sulfonamides is 1. The number of halogens is 1. The Kier molecular flexibility index (Phi) is 4.00. The molecule has 0 aliphatic rings. The van der Waals surface area contributed by atoms with Gasteiger partial charge in [-0.15, -0.1) is 0 Å². The van der Waals surface area contributed by atoms with Crippen LogP contribution in [-0.4, -0.2) is 8.42 Å². The van der Waals surface area contributed by atoms with E-state index < -0.39 is 26.4 Å². The normalized spacial score (nSPS) is 10.0. The highest BCUT2D eigenvalue weighted by Crippen LogP contribution is 2.23. The lowest BCUT2D eigenvalue weighted by atomic mass is 10.3. The van der Waals surface area contributed by atoms with Gasteiger partial charge in [0.2, 0.25) is 10.0 Å². The molecule has 1 aromatic rings. The van der Waals surface area contributed by atoms with E-state index in [1.54, 1.807) is 0 Å². The number of allylic oxidation sites excluding steroid dienone is 1. The standard InChI is InChI=1S/C10H7FN4O2S/c11-8-2-1-3-9(18(14,16)17)10(8)15-6-7(4-12)5-13/h1-3,6,15H,(H2,14,16,17). The second-order valence-electron chi connectivity index (χ2n) is 3.08. The topological polar surface area (TPSA) is 120 Å². The van der Waals surface area contributed by atoms with Crippen molar-refractivity contribution in [2.45, 2.75) is 4.90 Å². The molecule has 0 fully saturated rings. The van der Waals surface area contributed by atoms with Crippen LogP contribution in [0.4, 0.5) is 10.1 Å². The first-order chi connectivity index (χ1) is 8.40. The molecular weight excluding hydrogens is 259 g/mol. The van der Waals surface area contributed by atoms with Gasteiger partial charge in [0.25, 0.3) is 0 Å². The van der Waals surface area contributed by atoms with Gasteiger partial charge in [-0.05, 0) is 12.1 Å². The Balaban J connectivity index is 3.31. The summed E-state index contributed by atoms with van der Waals surface area (Å²) >= 11 is 0. The highest BCUT2D eigenvalue weighted by Gasteiger charge is 2.16. The van der Waals surface area contributed by atoms with E-state index in [1.807, 2.05) is 0 Å². The molecule has 0 aromatic heterocycles. The number of sulfonamides is 1. The molecule has 0 saturated carbocycles. The van der Waals surface area contributed by atoms with E-state index in [9.17, 15) is 12.8 Å². The zero-order valence-corrected chi connectivity index (χ0v) is 9.70. The first kappa shape index (κ1) is 13.6. The van der Waals surface area contributed by atoms with Crippen LogP contribution in [0.3, 0.4) is 0 Å². The monoisotopic (exact) mass is 266 g/mol. The zero-order valence-electron chi connectivity index (χ0n) is 8.88. The summed E-state index contributed by atoms with van der Waals surface area (Å²) in [5, 5.41) is 24.1. The zero-order chi connectivity index (χ0) is 13.8. The molecule has 6 nitrogen and oxygen atoms in total. The number of para-hydroxylation sites is 1. The van der Waals surface area contributed by atoms with E-state index in [1.165, 1.54) is 18.2 Å². The molecule has 0 heterocycles. The van der Waals surface area contributed by atoms with Crippen molar-refractivity contribution in [1.29, 1.82) is 10.5 Å². The van der Waals surface area contributed by atoms with Crippen molar-refractivity contribution in [3.63, 3.8) is 0 Å². The largest absolute Gasteiger partial charge is 0.356 e. The van der Waals surface area contributed by atoms with E-state index in [-0.39, 0.29) is 5.57 Å². The molecular formula is C10H7FN4O2S. The number of hydrogen-bond donors (Lipinski definition) is 2. The molecule has 0 atom stereocenters. The second-order valence-corrected chi connectivity index (χ2v) is 4.61. The van der Waals surface area contributed by atoms with Gasteiger partial charge in [-0.25, -0.2) is 17.9 Å². The SMILES string of the molecule is N#CC(C#N)=CNc1c(F)cccc1S(N)(=O)=O. The fourth-order valence-corrected chi connectivity index (χ4v) is 1.82. The Hall–Kier alpha value is -2.42. The summed E-state index contributed by atoms with van der Waals surface area (Å²) in [6.45, 7) is 0. The fourth-order valence-electron chi connectivity index (χ4n) is 1.12. The average Bonchev–Trinajstić information content (AvgIpc) is 2.30. The maximum atomic E-state index is 13.5. The highest BCUT2D eigenvalue weighted by atomic mass is 32.2. The Bertz CT molecular complexity index is 667. The van der Waals surface area contributed by atoms with Crippen molar-refractivity contribution >= 4 is 15.7 Å². The Morgan fingerprint density at radius 3 is 2.50 bits per heavy atom. The minimum absolute atomic E-state index is 0.335. The van der Waals surface area contributed by atoms with E-state index in [0.29, 0.717) is 0 Å². The summed E-state index contributed by atoms with van der Waals surface area (Å²) < 4.78 is 35.9. The van der Waals surface area contributed by atoms with Gasteiger partial charge in [0.15, 0.2) is 0 Å². The van der Waals surface area contributed by atoms with Crippen LogP contribution >= 0.6 is 0 Å². The number of benzene rings is 1. The lowest BCUT2D eigenvalue weighted by Crippen LogP contribution is -2.14. The molecule has 0 unspecified atom stereocenters. The predicted octanol–water partition coefficient (Wildman–Crippen LogP) is 0.816. The van der Waals surface area contributed by atoms with Crippen LogP contribution in [0.25, 0.3) is 0 Å². The van der Waals surface area contributed by atoms with Crippen LogP contribution in [0.2, 0.25) is 0 Å². The molecule has 3 N–H and O–H groups in total. The molecule has 92 valence electrons. The van der Waals surface area contributed by atoms with Crippen LogP contribution < -0.4 is 10.5 Å². The van der Waals surface area contributed by atoms with E-state index in [2.05, 4.69) is 5.32 Å². The lowest BCUT2D eigenvalue weighted by molar-refractivity contribution is 0.594. The van der Waals surface area contributed by atoms with Gasteiger partial charge in [0.05, 0.1) is 5.69 Å². The lowest BCUT2D eigenvalue weighted by Gasteiger charge is -2.08. The van der Waals surface area contributed by atoms with Crippen molar-refractivity contribution < 1.29 is 12.8 Å². The van der Waals surface area contributed by atoms with Gasteiger partial charge in [-0.3, -0.25) is 0 Å². The molecule has 0 aliphatic carbocycles. The third kappa shape index (κ3) is 3.04. The number of anilines is 1. The fraction of sp³-hybridized carbons (Fsp3) is 0. The van der Waals surface area contributed by atoms with Crippen LogP contribution in [0.15, 0.2) is 34.9 Å². The van der Waals surface area contributed by atoms with Gasteiger partial charge in [-0.1, -0.05) is 6.07 Å². The van der Waals surface area contributed by atoms with Gasteiger partial charge < -0.3 is 5.32 Å². The minimum Gasteiger partial charge on any atom is -0.356 e. The first-order valence-corrected chi connectivity index (χ1v) is 6.03. The average molecular weight is 266 g/mol. The van der Waals surface area contributed by atoms with Crippen molar-refractivity contribution in [3.05, 3.63) is 35.8 Å². The van der Waals surface area contributed by atoms with Crippen LogP contribution in [0, 0.1) is 28.5 Å². The van der Waals surface area contributed by atoms with E-state index >= 15 is 0 Å². The molecule has 1 rings (SSSR count). The van der Waals surface area contributed by atoms with Crippen LogP contribution in [0.5, 0.6) is 0 Å². The molecule has 0 amide bonds. The molecule has 0 spiro atoms. The molecule has 18 heavy (non-hydrogen) atoms. The van der Waals surface area contributed by atoms with E-state index in [0.717, 1.165) is 18.3 Å². The van der Waals surface area contributed by atoms with Gasteiger partial charge in [0.1, 0.15) is 28.4 Å². The smallest absolute Gasteiger partial charge is 0.240 e. The maximum absolute atomic E-state index is 13.5. The highest BCUT2D eigenvalue weighted by molar-refractivity contribution is 7.89. The minimum atomic E-state index is -4.11. The van der Waals surface area contributed by atoms with E-state index in [4.69, 9.17) is 15.7 Å². The number of nitrogens with two attached hydrogens (primary N) is 1. The first-order valence-electron chi connectivity index (χ1n) is 4.48. The molecule has 0 radical (unpaired) electrons. The molecule has 1 aromatic carbocycles. The summed E-state index contributed by atoms with van der Waals surface area (Å²) in [4.78, 5) is -0.464. The van der Waals surface area contributed by atoms with Gasteiger partial charge in [0, 0.05) is 6.20 Å². The predicted molar refractivity (Wildman–Crippen MR) is 60.7 cm³/mol. The third-order valence-electron chi connectivity index (χ3n) is 1.88. The summed E-state index contributed by atoms with van der Waals surface area (Å²) in [6, 6.07) is 6.37. The quantitative estimate of drug-likeness (QED) is 0.784. The number of hydrogen-bond acceptors (Lipinski definition) is 5.